The SMILES string of the molecule is COc1cc(Cl)ccc1S(=O)(=O)N1CCC(O)C1. The Bertz CT molecular complexity index is 546. The topological polar surface area (TPSA) is 66.8 Å². The zero-order valence-electron chi connectivity index (χ0n) is 9.84. The van der Waals surface area contributed by atoms with Crippen LogP contribution < -0.4 is 4.74 Å². The Hall–Kier alpha value is -0.820. The highest BCUT2D eigenvalue weighted by Gasteiger charge is 2.33. The van der Waals surface area contributed by atoms with E-state index < -0.39 is 16.1 Å². The Balaban J connectivity index is 2.41. The van der Waals surface area contributed by atoms with E-state index in [0.29, 0.717) is 18.0 Å². The van der Waals surface area contributed by atoms with E-state index in [1.807, 2.05) is 0 Å². The van der Waals surface area contributed by atoms with Crippen LogP contribution in [0.4, 0.5) is 0 Å². The highest BCUT2D eigenvalue weighted by molar-refractivity contribution is 7.89. The molecular formula is C11H14ClNO4S. The van der Waals surface area contributed by atoms with E-state index in [-0.39, 0.29) is 17.2 Å². The average molecular weight is 292 g/mol. The summed E-state index contributed by atoms with van der Waals surface area (Å²) < 4.78 is 31.0. The van der Waals surface area contributed by atoms with E-state index in [0.717, 1.165) is 0 Å². The number of rotatable bonds is 3. The summed E-state index contributed by atoms with van der Waals surface area (Å²) in [4.78, 5) is 0.0727. The van der Waals surface area contributed by atoms with Crippen LogP contribution in [0.15, 0.2) is 23.1 Å². The van der Waals surface area contributed by atoms with Crippen molar-refractivity contribution in [2.24, 2.45) is 0 Å². The number of methoxy groups -OCH3 is 1. The van der Waals surface area contributed by atoms with Crippen LogP contribution >= 0.6 is 11.6 Å². The lowest BCUT2D eigenvalue weighted by atomic mass is 10.3. The van der Waals surface area contributed by atoms with Crippen molar-refractivity contribution in [2.45, 2.75) is 17.4 Å². The maximum Gasteiger partial charge on any atom is 0.246 e. The molecule has 1 aliphatic rings. The Morgan fingerprint density at radius 1 is 1.50 bits per heavy atom. The van der Waals surface area contributed by atoms with Crippen molar-refractivity contribution < 1.29 is 18.3 Å². The molecule has 2 rings (SSSR count). The molecule has 0 amide bonds. The number of aliphatic hydroxyl groups excluding tert-OH is 1. The molecule has 1 saturated heterocycles. The van der Waals surface area contributed by atoms with Crippen molar-refractivity contribution in [1.29, 1.82) is 0 Å². The van der Waals surface area contributed by atoms with E-state index in [9.17, 15) is 13.5 Å². The summed E-state index contributed by atoms with van der Waals surface area (Å²) in [6, 6.07) is 4.38. The first kappa shape index (κ1) is 13.6. The van der Waals surface area contributed by atoms with Crippen molar-refractivity contribution >= 4 is 21.6 Å². The average Bonchev–Trinajstić information content (AvgIpc) is 2.76. The summed E-state index contributed by atoms with van der Waals surface area (Å²) in [5.41, 5.74) is 0. The summed E-state index contributed by atoms with van der Waals surface area (Å²) in [5.74, 6) is 0.212. The number of halogens is 1. The number of sulfonamides is 1. The van der Waals surface area contributed by atoms with Gasteiger partial charge in [-0.1, -0.05) is 11.6 Å². The smallest absolute Gasteiger partial charge is 0.246 e. The maximum atomic E-state index is 12.4. The van der Waals surface area contributed by atoms with Crippen molar-refractivity contribution in [1.82, 2.24) is 4.31 Å². The van der Waals surface area contributed by atoms with Gasteiger partial charge >= 0.3 is 0 Å². The fourth-order valence-corrected chi connectivity index (χ4v) is 3.71. The Kier molecular flexibility index (Phi) is 3.82. The molecule has 0 radical (unpaired) electrons. The minimum atomic E-state index is -3.64. The Morgan fingerprint density at radius 3 is 2.78 bits per heavy atom. The zero-order chi connectivity index (χ0) is 13.3. The van der Waals surface area contributed by atoms with Crippen LogP contribution in [-0.4, -0.2) is 44.1 Å². The van der Waals surface area contributed by atoms with E-state index in [1.165, 1.54) is 29.6 Å². The highest BCUT2D eigenvalue weighted by Crippen LogP contribution is 2.31. The first-order chi connectivity index (χ1) is 8.45. The molecule has 5 nitrogen and oxygen atoms in total. The lowest BCUT2D eigenvalue weighted by Gasteiger charge is -2.17. The minimum Gasteiger partial charge on any atom is -0.495 e. The first-order valence-corrected chi connectivity index (χ1v) is 7.28. The number of β-amino-alcohol motifs (C(OH)–C–C–N with tert-alkyl or cyclic N) is 1. The summed E-state index contributed by atoms with van der Waals surface area (Å²) in [6.07, 6.45) is -0.146. The number of ether oxygens (including phenoxy) is 1. The third-order valence-corrected chi connectivity index (χ3v) is 5.01. The van der Waals surface area contributed by atoms with Gasteiger partial charge in [0.25, 0.3) is 0 Å². The maximum absolute atomic E-state index is 12.4. The first-order valence-electron chi connectivity index (χ1n) is 5.47. The second-order valence-electron chi connectivity index (χ2n) is 4.10. The summed E-state index contributed by atoms with van der Waals surface area (Å²) in [5, 5.41) is 9.83. The molecule has 7 heteroatoms. The van der Waals surface area contributed by atoms with Gasteiger partial charge in [0.15, 0.2) is 0 Å². The van der Waals surface area contributed by atoms with Gasteiger partial charge in [0.2, 0.25) is 10.0 Å². The number of hydrogen-bond donors (Lipinski definition) is 1. The van der Waals surface area contributed by atoms with Gasteiger partial charge in [0, 0.05) is 24.2 Å². The molecule has 1 aromatic carbocycles. The van der Waals surface area contributed by atoms with Gasteiger partial charge in [-0.2, -0.15) is 4.31 Å². The normalized spacial score (nSPS) is 21.2. The molecule has 100 valence electrons. The molecule has 1 aliphatic heterocycles. The fourth-order valence-electron chi connectivity index (χ4n) is 1.92. The van der Waals surface area contributed by atoms with Crippen LogP contribution in [0.1, 0.15) is 6.42 Å². The molecule has 0 bridgehead atoms. The molecule has 1 unspecified atom stereocenters. The van der Waals surface area contributed by atoms with Gasteiger partial charge in [0.1, 0.15) is 10.6 Å². The number of nitrogens with zero attached hydrogens (tertiary/aromatic N) is 1. The van der Waals surface area contributed by atoms with Gasteiger partial charge in [-0.25, -0.2) is 8.42 Å². The summed E-state index contributed by atoms with van der Waals surface area (Å²) >= 11 is 5.80. The molecule has 0 aromatic heterocycles. The molecule has 1 aromatic rings. The van der Waals surface area contributed by atoms with E-state index in [1.54, 1.807) is 0 Å². The van der Waals surface area contributed by atoms with Crippen LogP contribution in [0.5, 0.6) is 5.75 Å². The minimum absolute atomic E-state index is 0.0727. The molecule has 0 saturated carbocycles. The second-order valence-corrected chi connectivity index (χ2v) is 6.44. The highest BCUT2D eigenvalue weighted by atomic mass is 35.5. The van der Waals surface area contributed by atoms with Crippen molar-refractivity contribution in [3.8, 4) is 5.75 Å². The summed E-state index contributed by atoms with van der Waals surface area (Å²) in [6.45, 7) is 0.434. The number of hydrogen-bond acceptors (Lipinski definition) is 4. The van der Waals surface area contributed by atoms with Gasteiger partial charge in [-0.15, -0.1) is 0 Å². The van der Waals surface area contributed by atoms with E-state index in [2.05, 4.69) is 0 Å². The second kappa shape index (κ2) is 5.05. The summed E-state index contributed by atoms with van der Waals surface area (Å²) in [7, 11) is -2.25. The molecule has 1 N–H and O–H groups in total. The predicted octanol–water partition coefficient (Wildman–Crippen LogP) is 1.10. The molecule has 1 heterocycles. The quantitative estimate of drug-likeness (QED) is 0.906. The number of benzene rings is 1. The van der Waals surface area contributed by atoms with E-state index >= 15 is 0 Å². The molecule has 0 aliphatic carbocycles. The molecule has 1 fully saturated rings. The van der Waals surface area contributed by atoms with Gasteiger partial charge < -0.3 is 9.84 Å². The predicted molar refractivity (Wildman–Crippen MR) is 67.4 cm³/mol. The molecule has 1 atom stereocenters. The van der Waals surface area contributed by atoms with Gasteiger partial charge in [-0.05, 0) is 18.6 Å². The lowest BCUT2D eigenvalue weighted by molar-refractivity contribution is 0.189. The lowest BCUT2D eigenvalue weighted by Crippen LogP contribution is -2.30. The monoisotopic (exact) mass is 291 g/mol. The Morgan fingerprint density at radius 2 is 2.22 bits per heavy atom. The Labute approximate surface area is 111 Å². The standard InChI is InChI=1S/C11H14ClNO4S/c1-17-10-6-8(12)2-3-11(10)18(15,16)13-5-4-9(14)7-13/h2-3,6,9,14H,4-5,7H2,1H3. The van der Waals surface area contributed by atoms with Crippen LogP contribution in [0.3, 0.4) is 0 Å². The zero-order valence-corrected chi connectivity index (χ0v) is 11.4. The molecular weight excluding hydrogens is 278 g/mol. The van der Waals surface area contributed by atoms with Crippen molar-refractivity contribution in [3.05, 3.63) is 23.2 Å². The number of aliphatic hydroxyl groups is 1. The fraction of sp³-hybridized carbons (Fsp3) is 0.455. The van der Waals surface area contributed by atoms with Crippen LogP contribution in [0, 0.1) is 0 Å². The van der Waals surface area contributed by atoms with Crippen molar-refractivity contribution in [2.75, 3.05) is 20.2 Å². The molecule has 0 spiro atoms. The van der Waals surface area contributed by atoms with E-state index in [4.69, 9.17) is 16.3 Å². The van der Waals surface area contributed by atoms with Crippen molar-refractivity contribution in [3.63, 3.8) is 0 Å². The van der Waals surface area contributed by atoms with Crippen LogP contribution in [0.2, 0.25) is 5.02 Å². The van der Waals surface area contributed by atoms with Crippen LogP contribution in [-0.2, 0) is 10.0 Å². The van der Waals surface area contributed by atoms with Gasteiger partial charge in [-0.3, -0.25) is 0 Å². The largest absolute Gasteiger partial charge is 0.495 e. The molecule has 18 heavy (non-hydrogen) atoms. The van der Waals surface area contributed by atoms with Crippen LogP contribution in [0.25, 0.3) is 0 Å². The third kappa shape index (κ3) is 2.47. The third-order valence-electron chi connectivity index (χ3n) is 2.87. The van der Waals surface area contributed by atoms with Gasteiger partial charge in [0.05, 0.1) is 13.2 Å².